The van der Waals surface area contributed by atoms with Gasteiger partial charge in [-0.1, -0.05) is 29.8 Å². The minimum atomic E-state index is -0.295. The standard InChI is InChI=1S/C16H14ClFN2O/c17-15-6-2-5-14(19-15)16(21)20(13-7-8-13)10-11-3-1-4-12(18)9-11/h1-6,9,13H,7-8,10H2. The van der Waals surface area contributed by atoms with E-state index < -0.39 is 0 Å². The molecule has 0 spiro atoms. The van der Waals surface area contributed by atoms with Crippen LogP contribution in [0.4, 0.5) is 4.39 Å². The molecule has 0 saturated heterocycles. The summed E-state index contributed by atoms with van der Waals surface area (Å²) in [4.78, 5) is 18.4. The van der Waals surface area contributed by atoms with Crippen molar-refractivity contribution in [1.82, 2.24) is 9.88 Å². The first-order chi connectivity index (χ1) is 10.1. The van der Waals surface area contributed by atoms with E-state index in [0.29, 0.717) is 17.4 Å². The topological polar surface area (TPSA) is 33.2 Å². The van der Waals surface area contributed by atoms with Gasteiger partial charge in [0.1, 0.15) is 16.7 Å². The molecular weight excluding hydrogens is 291 g/mol. The second-order valence-corrected chi connectivity index (χ2v) is 5.53. The fourth-order valence-electron chi connectivity index (χ4n) is 2.26. The predicted molar refractivity (Wildman–Crippen MR) is 78.5 cm³/mol. The largest absolute Gasteiger partial charge is 0.330 e. The Morgan fingerprint density at radius 3 is 2.71 bits per heavy atom. The summed E-state index contributed by atoms with van der Waals surface area (Å²) in [7, 11) is 0. The van der Waals surface area contributed by atoms with Gasteiger partial charge in [-0.2, -0.15) is 0 Å². The average molecular weight is 305 g/mol. The molecule has 1 amide bonds. The van der Waals surface area contributed by atoms with Gasteiger partial charge in [0.25, 0.3) is 5.91 Å². The van der Waals surface area contributed by atoms with Crippen LogP contribution in [0.15, 0.2) is 42.5 Å². The zero-order valence-electron chi connectivity index (χ0n) is 11.3. The van der Waals surface area contributed by atoms with Crippen molar-refractivity contribution in [2.45, 2.75) is 25.4 Å². The van der Waals surface area contributed by atoms with Gasteiger partial charge >= 0.3 is 0 Å². The Morgan fingerprint density at radius 2 is 2.05 bits per heavy atom. The van der Waals surface area contributed by atoms with Crippen molar-refractivity contribution in [2.24, 2.45) is 0 Å². The predicted octanol–water partition coefficient (Wildman–Crippen LogP) is 3.68. The Morgan fingerprint density at radius 1 is 1.29 bits per heavy atom. The molecule has 21 heavy (non-hydrogen) atoms. The first-order valence-electron chi connectivity index (χ1n) is 6.81. The van der Waals surface area contributed by atoms with Crippen molar-refractivity contribution in [3.8, 4) is 0 Å². The van der Waals surface area contributed by atoms with Crippen molar-refractivity contribution in [3.05, 3.63) is 64.7 Å². The van der Waals surface area contributed by atoms with Crippen LogP contribution in [0.1, 0.15) is 28.9 Å². The summed E-state index contributed by atoms with van der Waals surface area (Å²) in [5.74, 6) is -0.458. The van der Waals surface area contributed by atoms with E-state index in [-0.39, 0.29) is 17.8 Å². The van der Waals surface area contributed by atoms with Crippen LogP contribution in [0.2, 0.25) is 5.15 Å². The Kier molecular flexibility index (Phi) is 3.88. The van der Waals surface area contributed by atoms with E-state index in [2.05, 4.69) is 4.98 Å². The molecule has 0 N–H and O–H groups in total. The molecule has 1 fully saturated rings. The maximum Gasteiger partial charge on any atom is 0.273 e. The van der Waals surface area contributed by atoms with Crippen LogP contribution in [0.5, 0.6) is 0 Å². The van der Waals surface area contributed by atoms with Gasteiger partial charge in [-0.3, -0.25) is 4.79 Å². The average Bonchev–Trinajstić information content (AvgIpc) is 3.29. The maximum absolute atomic E-state index is 13.3. The molecule has 0 unspecified atom stereocenters. The third kappa shape index (κ3) is 3.39. The molecule has 1 aromatic heterocycles. The summed E-state index contributed by atoms with van der Waals surface area (Å²) >= 11 is 5.84. The Labute approximate surface area is 127 Å². The van der Waals surface area contributed by atoms with E-state index in [4.69, 9.17) is 11.6 Å². The smallest absolute Gasteiger partial charge is 0.273 e. The number of aromatic nitrogens is 1. The van der Waals surface area contributed by atoms with E-state index in [1.165, 1.54) is 12.1 Å². The number of amides is 1. The monoisotopic (exact) mass is 304 g/mol. The van der Waals surface area contributed by atoms with Gasteiger partial charge in [0, 0.05) is 12.6 Å². The normalized spacial score (nSPS) is 14.0. The summed E-state index contributed by atoms with van der Waals surface area (Å²) in [6.07, 6.45) is 1.95. The van der Waals surface area contributed by atoms with Gasteiger partial charge in [0.2, 0.25) is 0 Å². The molecule has 2 aromatic rings. The van der Waals surface area contributed by atoms with Crippen molar-refractivity contribution in [3.63, 3.8) is 0 Å². The van der Waals surface area contributed by atoms with Gasteiger partial charge in [0.05, 0.1) is 0 Å². The number of nitrogens with zero attached hydrogens (tertiary/aromatic N) is 2. The third-order valence-corrected chi connectivity index (χ3v) is 3.64. The summed E-state index contributed by atoms with van der Waals surface area (Å²) in [5, 5.41) is 0.294. The van der Waals surface area contributed by atoms with Crippen LogP contribution in [0.3, 0.4) is 0 Å². The number of hydrogen-bond acceptors (Lipinski definition) is 2. The van der Waals surface area contributed by atoms with Gasteiger partial charge < -0.3 is 4.90 Å². The molecule has 3 nitrogen and oxygen atoms in total. The lowest BCUT2D eigenvalue weighted by atomic mass is 10.2. The molecule has 108 valence electrons. The minimum Gasteiger partial charge on any atom is -0.330 e. The number of benzene rings is 1. The lowest BCUT2D eigenvalue weighted by Crippen LogP contribution is -2.33. The Balaban J connectivity index is 1.83. The van der Waals surface area contributed by atoms with Gasteiger partial charge in [-0.05, 0) is 42.7 Å². The molecule has 1 saturated carbocycles. The van der Waals surface area contributed by atoms with Crippen LogP contribution in [-0.4, -0.2) is 21.8 Å². The zero-order valence-corrected chi connectivity index (χ0v) is 12.1. The Hall–Kier alpha value is -1.94. The Bertz CT molecular complexity index is 673. The van der Waals surface area contributed by atoms with E-state index in [1.54, 1.807) is 29.2 Å². The third-order valence-electron chi connectivity index (χ3n) is 3.42. The first-order valence-corrected chi connectivity index (χ1v) is 7.19. The highest BCUT2D eigenvalue weighted by molar-refractivity contribution is 6.29. The molecule has 5 heteroatoms. The fourth-order valence-corrected chi connectivity index (χ4v) is 2.42. The molecule has 0 radical (unpaired) electrons. The molecule has 0 bridgehead atoms. The number of rotatable bonds is 4. The molecule has 0 atom stereocenters. The SMILES string of the molecule is O=C(c1cccc(Cl)n1)N(Cc1cccc(F)c1)C1CC1. The summed E-state index contributed by atoms with van der Waals surface area (Å²) in [6, 6.07) is 11.5. The van der Waals surface area contributed by atoms with Gasteiger partial charge in [-0.25, -0.2) is 9.37 Å². The van der Waals surface area contributed by atoms with Gasteiger partial charge in [-0.15, -0.1) is 0 Å². The van der Waals surface area contributed by atoms with Crippen LogP contribution in [0, 0.1) is 5.82 Å². The first kappa shape index (κ1) is 14.0. The summed E-state index contributed by atoms with van der Waals surface area (Å²) < 4.78 is 13.3. The molecule has 1 aliphatic carbocycles. The summed E-state index contributed by atoms with van der Waals surface area (Å²) in [5.41, 5.74) is 1.10. The molecule has 3 rings (SSSR count). The molecule has 0 aliphatic heterocycles. The van der Waals surface area contributed by atoms with Gasteiger partial charge in [0.15, 0.2) is 0 Å². The highest BCUT2D eigenvalue weighted by Gasteiger charge is 2.33. The lowest BCUT2D eigenvalue weighted by Gasteiger charge is -2.22. The maximum atomic E-state index is 13.3. The van der Waals surface area contributed by atoms with E-state index >= 15 is 0 Å². The minimum absolute atomic E-state index is 0.163. The van der Waals surface area contributed by atoms with E-state index in [9.17, 15) is 9.18 Å². The fraction of sp³-hybridized carbons (Fsp3) is 0.250. The molecule has 1 heterocycles. The van der Waals surface area contributed by atoms with Crippen LogP contribution in [0.25, 0.3) is 0 Å². The van der Waals surface area contributed by atoms with Crippen molar-refractivity contribution >= 4 is 17.5 Å². The van der Waals surface area contributed by atoms with Crippen LogP contribution < -0.4 is 0 Å². The van der Waals surface area contributed by atoms with E-state index in [0.717, 1.165) is 18.4 Å². The van der Waals surface area contributed by atoms with Crippen LogP contribution >= 0.6 is 11.6 Å². The molecule has 1 aromatic carbocycles. The number of carbonyl (C=O) groups is 1. The summed E-state index contributed by atoms with van der Waals surface area (Å²) in [6.45, 7) is 0.384. The number of halogens is 2. The quantitative estimate of drug-likeness (QED) is 0.807. The van der Waals surface area contributed by atoms with Crippen molar-refractivity contribution in [2.75, 3.05) is 0 Å². The number of carbonyl (C=O) groups excluding carboxylic acids is 1. The number of hydrogen-bond donors (Lipinski definition) is 0. The van der Waals surface area contributed by atoms with Crippen molar-refractivity contribution in [1.29, 1.82) is 0 Å². The highest BCUT2D eigenvalue weighted by atomic mass is 35.5. The second-order valence-electron chi connectivity index (χ2n) is 5.14. The second kappa shape index (κ2) is 5.82. The van der Waals surface area contributed by atoms with Crippen LogP contribution in [-0.2, 0) is 6.54 Å². The van der Waals surface area contributed by atoms with Crippen molar-refractivity contribution < 1.29 is 9.18 Å². The number of pyridine rings is 1. The zero-order chi connectivity index (χ0) is 14.8. The molecule has 1 aliphatic rings. The highest BCUT2D eigenvalue weighted by Crippen LogP contribution is 2.29. The molecular formula is C16H14ClFN2O. The van der Waals surface area contributed by atoms with E-state index in [1.807, 2.05) is 6.07 Å². The lowest BCUT2D eigenvalue weighted by molar-refractivity contribution is 0.0723.